The van der Waals surface area contributed by atoms with Gasteiger partial charge in [0.1, 0.15) is 5.78 Å². The van der Waals surface area contributed by atoms with Gasteiger partial charge < -0.3 is 4.98 Å². The molecule has 5 nitrogen and oxygen atoms in total. The molecule has 4 bridgehead atoms. The fraction of sp³-hybridized carbons (Fsp3) is 0.609. The molecule has 28 heavy (non-hydrogen) atoms. The van der Waals surface area contributed by atoms with E-state index in [4.69, 9.17) is 0 Å². The van der Waals surface area contributed by atoms with Crippen LogP contribution in [0.5, 0.6) is 0 Å². The highest BCUT2D eigenvalue weighted by molar-refractivity contribution is 5.87. The lowest BCUT2D eigenvalue weighted by molar-refractivity contribution is -0.131. The van der Waals surface area contributed by atoms with E-state index in [0.717, 1.165) is 53.9 Å². The van der Waals surface area contributed by atoms with E-state index in [0.29, 0.717) is 24.0 Å². The zero-order valence-corrected chi connectivity index (χ0v) is 16.4. The second kappa shape index (κ2) is 5.68. The number of imidazole rings is 1. The highest BCUT2D eigenvalue weighted by Gasteiger charge is 2.56. The summed E-state index contributed by atoms with van der Waals surface area (Å²) in [5, 5.41) is 0. The number of H-pyrrole nitrogens is 1. The van der Waals surface area contributed by atoms with Crippen LogP contribution in [0.15, 0.2) is 17.1 Å². The van der Waals surface area contributed by atoms with Gasteiger partial charge in [0.05, 0.1) is 22.9 Å². The van der Waals surface area contributed by atoms with Crippen molar-refractivity contribution in [1.82, 2.24) is 14.5 Å². The molecule has 2 atom stereocenters. The number of rotatable bonds is 4. The molecule has 146 valence electrons. The first-order valence-electron chi connectivity index (χ1n) is 10.9. The quantitative estimate of drug-likeness (QED) is 0.875. The summed E-state index contributed by atoms with van der Waals surface area (Å²) >= 11 is 0. The highest BCUT2D eigenvalue weighted by Crippen LogP contribution is 2.65. The largest absolute Gasteiger partial charge is 0.326 e. The Labute approximate surface area is 164 Å². The maximum absolute atomic E-state index is 13.1. The topological polar surface area (TPSA) is 67.8 Å². The first-order chi connectivity index (χ1) is 13.6. The third-order valence-electron chi connectivity index (χ3n) is 8.08. The Kier molecular flexibility index (Phi) is 3.40. The van der Waals surface area contributed by atoms with Crippen molar-refractivity contribution in [1.29, 1.82) is 0 Å². The summed E-state index contributed by atoms with van der Waals surface area (Å²) in [6.07, 6.45) is 14.2. The van der Waals surface area contributed by atoms with Crippen LogP contribution < -0.4 is 5.69 Å². The van der Waals surface area contributed by atoms with Gasteiger partial charge in [-0.25, -0.2) is 4.79 Å². The molecule has 0 saturated heterocycles. The monoisotopic (exact) mass is 377 g/mol. The van der Waals surface area contributed by atoms with Crippen LogP contribution in [-0.4, -0.2) is 20.3 Å². The van der Waals surface area contributed by atoms with Crippen LogP contribution in [0.1, 0.15) is 69.2 Å². The van der Waals surface area contributed by atoms with Crippen molar-refractivity contribution in [2.24, 2.45) is 23.2 Å². The summed E-state index contributed by atoms with van der Waals surface area (Å²) in [6, 6.07) is 0.267. The zero-order valence-electron chi connectivity index (χ0n) is 16.4. The second-order valence-corrected chi connectivity index (χ2v) is 9.82. The van der Waals surface area contributed by atoms with Crippen molar-refractivity contribution in [3.05, 3.63) is 34.0 Å². The summed E-state index contributed by atoms with van der Waals surface area (Å²) in [5.41, 5.74) is 4.34. The third-order valence-corrected chi connectivity index (χ3v) is 8.08. The molecule has 1 N–H and O–H groups in total. The Morgan fingerprint density at radius 3 is 2.82 bits per heavy atom. The number of aromatic amines is 1. The molecule has 5 aliphatic carbocycles. The number of nitrogens with zero attached hydrogens (tertiary/aromatic N) is 2. The van der Waals surface area contributed by atoms with Gasteiger partial charge in [-0.3, -0.25) is 14.3 Å². The lowest BCUT2D eigenvalue weighted by Gasteiger charge is -2.60. The number of carbonyl (C=O) groups is 1. The normalized spacial score (nSPS) is 35.0. The minimum atomic E-state index is 0.0154. The molecule has 0 radical (unpaired) electrons. The maximum atomic E-state index is 13.1. The number of Topliss-reactive ketones (excluding diaryl/α,β-unsaturated/α-hetero) is 1. The maximum Gasteiger partial charge on any atom is 0.326 e. The Bertz CT molecular complexity index is 1060. The van der Waals surface area contributed by atoms with Crippen LogP contribution in [0.3, 0.4) is 0 Å². The number of hydrogen-bond acceptors (Lipinski definition) is 3. The van der Waals surface area contributed by atoms with E-state index in [-0.39, 0.29) is 17.1 Å². The first-order valence-corrected chi connectivity index (χ1v) is 10.9. The van der Waals surface area contributed by atoms with Crippen LogP contribution in [0.25, 0.3) is 17.1 Å². The zero-order chi connectivity index (χ0) is 19.0. The molecular formula is C23H27N3O2. The number of fused-ring (bicyclic) bond motifs is 3. The molecule has 4 fully saturated rings. The van der Waals surface area contributed by atoms with Crippen LogP contribution in [0.2, 0.25) is 0 Å². The molecule has 7 rings (SSSR count). The van der Waals surface area contributed by atoms with E-state index >= 15 is 0 Å². The standard InChI is InChI=1S/C23H27N3O2/c1-2-16(27)11-23-8-13-6-14(9-23)20(15(7-13)10-23)26-21-17-4-3-5-18(17)24-12-19(21)25-22(26)28/h3-4,12-15,20H,2,5-11H2,1H3,(H,25,28). The van der Waals surface area contributed by atoms with Crippen molar-refractivity contribution in [3.63, 3.8) is 0 Å². The Morgan fingerprint density at radius 2 is 2.07 bits per heavy atom. The van der Waals surface area contributed by atoms with Gasteiger partial charge in [-0.15, -0.1) is 0 Å². The molecule has 0 amide bonds. The smallest absolute Gasteiger partial charge is 0.304 e. The summed E-state index contributed by atoms with van der Waals surface area (Å²) < 4.78 is 2.09. The van der Waals surface area contributed by atoms with Crippen molar-refractivity contribution < 1.29 is 4.79 Å². The predicted octanol–water partition coefficient (Wildman–Crippen LogP) is 4.03. The molecule has 0 spiro atoms. The lowest BCUT2D eigenvalue weighted by Crippen LogP contribution is -2.53. The van der Waals surface area contributed by atoms with Gasteiger partial charge in [-0.2, -0.15) is 0 Å². The van der Waals surface area contributed by atoms with Crippen LogP contribution in [0, 0.1) is 23.2 Å². The van der Waals surface area contributed by atoms with E-state index < -0.39 is 0 Å². The number of carbonyl (C=O) groups excluding carboxylic acids is 1. The molecule has 2 heterocycles. The van der Waals surface area contributed by atoms with Crippen LogP contribution >= 0.6 is 0 Å². The van der Waals surface area contributed by atoms with Gasteiger partial charge in [0.25, 0.3) is 0 Å². The highest BCUT2D eigenvalue weighted by atomic mass is 16.1. The minimum Gasteiger partial charge on any atom is -0.304 e. The van der Waals surface area contributed by atoms with E-state index in [1.165, 1.54) is 19.3 Å². The van der Waals surface area contributed by atoms with Crippen LogP contribution in [-0.2, 0) is 11.2 Å². The second-order valence-electron chi connectivity index (χ2n) is 9.82. The molecule has 2 aromatic heterocycles. The van der Waals surface area contributed by atoms with Crippen molar-refractivity contribution >= 4 is 22.9 Å². The summed E-state index contributed by atoms with van der Waals surface area (Å²) in [6.45, 7) is 1.99. The average molecular weight is 377 g/mol. The fourth-order valence-corrected chi connectivity index (χ4v) is 7.44. The Balaban J connectivity index is 1.45. The minimum absolute atomic E-state index is 0.0154. The third kappa shape index (κ3) is 2.22. The number of ketones is 1. The number of pyridine rings is 1. The Hall–Kier alpha value is -2.17. The Morgan fingerprint density at radius 1 is 1.29 bits per heavy atom. The van der Waals surface area contributed by atoms with E-state index in [9.17, 15) is 9.59 Å². The summed E-state index contributed by atoms with van der Waals surface area (Å²) in [4.78, 5) is 33.0. The van der Waals surface area contributed by atoms with Gasteiger partial charge in [0, 0.05) is 30.9 Å². The van der Waals surface area contributed by atoms with E-state index in [1.54, 1.807) is 0 Å². The molecule has 5 aliphatic rings. The SMILES string of the molecule is CCC(=O)CC12CC3CC(C1)C(n1c(=O)[nH]c4cnc5c(c41)C=CC5)C(C3)C2. The van der Waals surface area contributed by atoms with Gasteiger partial charge in [0.2, 0.25) is 0 Å². The molecule has 5 heteroatoms. The van der Waals surface area contributed by atoms with Crippen molar-refractivity contribution in [3.8, 4) is 0 Å². The molecule has 0 aliphatic heterocycles. The van der Waals surface area contributed by atoms with E-state index in [2.05, 4.69) is 26.7 Å². The average Bonchev–Trinajstić information content (AvgIpc) is 3.24. The van der Waals surface area contributed by atoms with Gasteiger partial charge in [0.15, 0.2) is 0 Å². The summed E-state index contributed by atoms with van der Waals surface area (Å²) in [5.74, 6) is 2.19. The van der Waals surface area contributed by atoms with Gasteiger partial charge in [-0.05, 0) is 55.3 Å². The van der Waals surface area contributed by atoms with Crippen molar-refractivity contribution in [2.45, 2.75) is 64.3 Å². The summed E-state index contributed by atoms with van der Waals surface area (Å²) in [7, 11) is 0. The number of hydrogen-bond donors (Lipinski definition) is 1. The number of aromatic nitrogens is 3. The fourth-order valence-electron chi connectivity index (χ4n) is 7.44. The molecule has 0 aromatic carbocycles. The molecule has 4 saturated carbocycles. The number of allylic oxidation sites excluding steroid dienone is 1. The van der Waals surface area contributed by atoms with Crippen LogP contribution in [0.4, 0.5) is 0 Å². The number of nitrogens with one attached hydrogen (secondary N) is 1. The van der Waals surface area contributed by atoms with E-state index in [1.807, 2.05) is 13.1 Å². The molecular weight excluding hydrogens is 350 g/mol. The van der Waals surface area contributed by atoms with Crippen molar-refractivity contribution in [2.75, 3.05) is 0 Å². The molecule has 2 unspecified atom stereocenters. The molecule has 2 aromatic rings. The van der Waals surface area contributed by atoms with Gasteiger partial charge >= 0.3 is 5.69 Å². The van der Waals surface area contributed by atoms with Gasteiger partial charge in [-0.1, -0.05) is 19.1 Å². The first kappa shape index (κ1) is 16.8. The lowest BCUT2D eigenvalue weighted by atomic mass is 9.47. The predicted molar refractivity (Wildman–Crippen MR) is 108 cm³/mol.